The van der Waals surface area contributed by atoms with Gasteiger partial charge in [-0.25, -0.2) is 4.99 Å². The molecule has 0 spiro atoms. The fourth-order valence-corrected chi connectivity index (χ4v) is 3.17. The zero-order valence-corrected chi connectivity index (χ0v) is 17.6. The lowest BCUT2D eigenvalue weighted by Crippen LogP contribution is -2.41. The van der Waals surface area contributed by atoms with E-state index in [0.29, 0.717) is 18.5 Å². The second kappa shape index (κ2) is 10.9. The van der Waals surface area contributed by atoms with Crippen LogP contribution in [0.5, 0.6) is 0 Å². The molecule has 146 valence electrons. The molecule has 1 aromatic carbocycles. The Bertz CT molecular complexity index is 740. The smallest absolute Gasteiger partial charge is 0.246 e. The van der Waals surface area contributed by atoms with E-state index in [1.54, 1.807) is 23.1 Å². The Kier molecular flexibility index (Phi) is 8.56. The van der Waals surface area contributed by atoms with E-state index in [1.807, 2.05) is 24.3 Å². The number of hydrogen-bond donors (Lipinski definition) is 3. The number of aliphatic imine (C=N–C) groups is 1. The second-order valence-electron chi connectivity index (χ2n) is 6.63. The monoisotopic (exact) mass is 482 g/mol. The van der Waals surface area contributed by atoms with Gasteiger partial charge in [-0.15, -0.1) is 24.0 Å². The molecule has 1 aromatic heterocycles. The summed E-state index contributed by atoms with van der Waals surface area (Å²) in [6.07, 6.45) is 9.55. The summed E-state index contributed by atoms with van der Waals surface area (Å²) in [4.78, 5) is 16.5. The van der Waals surface area contributed by atoms with Crippen molar-refractivity contribution in [3.8, 4) is 0 Å². The van der Waals surface area contributed by atoms with E-state index in [9.17, 15) is 4.79 Å². The number of carbonyl (C=O) groups is 1. The van der Waals surface area contributed by atoms with Crippen LogP contribution in [0.15, 0.2) is 47.7 Å². The molecule has 0 atom stereocenters. The number of benzene rings is 1. The Balaban J connectivity index is 0.00000261. The zero-order valence-electron chi connectivity index (χ0n) is 15.3. The Morgan fingerprint density at radius 2 is 2.07 bits per heavy atom. The molecule has 3 rings (SSSR count). The number of nitrogens with two attached hydrogens (primary N) is 1. The van der Waals surface area contributed by atoms with Gasteiger partial charge in [0.2, 0.25) is 5.91 Å². The predicted octanol–water partition coefficient (Wildman–Crippen LogP) is 2.88. The van der Waals surface area contributed by atoms with Crippen LogP contribution in [0.3, 0.4) is 0 Å². The van der Waals surface area contributed by atoms with Crippen LogP contribution in [0, 0.1) is 0 Å². The number of guanidine groups is 1. The fraction of sp³-hybridized carbons (Fsp3) is 0.421. The van der Waals surface area contributed by atoms with E-state index in [0.717, 1.165) is 24.1 Å². The molecule has 4 N–H and O–H groups in total. The average Bonchev–Trinajstić information content (AvgIpc) is 3.14. The minimum absolute atomic E-state index is 0. The van der Waals surface area contributed by atoms with Crippen LogP contribution >= 0.6 is 24.0 Å². The maximum atomic E-state index is 12.0. The van der Waals surface area contributed by atoms with Crippen LogP contribution in [0.2, 0.25) is 0 Å². The number of hydrogen-bond acceptors (Lipinski definition) is 3. The van der Waals surface area contributed by atoms with Gasteiger partial charge in [-0.1, -0.05) is 31.4 Å². The Morgan fingerprint density at radius 3 is 2.81 bits per heavy atom. The van der Waals surface area contributed by atoms with Crippen molar-refractivity contribution in [2.24, 2.45) is 10.7 Å². The first kappa shape index (κ1) is 21.2. The van der Waals surface area contributed by atoms with Crippen molar-refractivity contribution in [3.05, 3.63) is 48.3 Å². The third-order valence-electron chi connectivity index (χ3n) is 4.46. The summed E-state index contributed by atoms with van der Waals surface area (Å²) in [5.74, 6) is 0.373. The maximum Gasteiger partial charge on any atom is 0.246 e. The Labute approximate surface area is 176 Å². The summed E-state index contributed by atoms with van der Waals surface area (Å²) >= 11 is 0. The van der Waals surface area contributed by atoms with Gasteiger partial charge in [0.25, 0.3) is 0 Å². The predicted molar refractivity (Wildman–Crippen MR) is 118 cm³/mol. The first-order valence-electron chi connectivity index (χ1n) is 9.12. The first-order valence-corrected chi connectivity index (χ1v) is 9.12. The van der Waals surface area contributed by atoms with Gasteiger partial charge < -0.3 is 16.4 Å². The van der Waals surface area contributed by atoms with E-state index >= 15 is 0 Å². The van der Waals surface area contributed by atoms with Crippen LogP contribution in [-0.2, 0) is 17.9 Å². The van der Waals surface area contributed by atoms with Gasteiger partial charge in [0, 0.05) is 24.1 Å². The van der Waals surface area contributed by atoms with Gasteiger partial charge in [-0.2, -0.15) is 5.10 Å². The molecule has 1 fully saturated rings. The van der Waals surface area contributed by atoms with Crippen LogP contribution < -0.4 is 16.4 Å². The highest BCUT2D eigenvalue weighted by atomic mass is 127. The molecule has 1 amide bonds. The first-order chi connectivity index (χ1) is 12.7. The van der Waals surface area contributed by atoms with E-state index in [1.165, 1.54) is 19.3 Å². The second-order valence-corrected chi connectivity index (χ2v) is 6.63. The topological polar surface area (TPSA) is 97.3 Å². The third-order valence-corrected chi connectivity index (χ3v) is 4.46. The van der Waals surface area contributed by atoms with Crippen molar-refractivity contribution < 1.29 is 4.79 Å². The molecule has 0 radical (unpaired) electrons. The summed E-state index contributed by atoms with van der Waals surface area (Å²) in [5, 5.41) is 10.2. The van der Waals surface area contributed by atoms with Crippen molar-refractivity contribution in [1.29, 1.82) is 0 Å². The molecule has 8 heteroatoms. The van der Waals surface area contributed by atoms with Crippen molar-refractivity contribution in [2.45, 2.75) is 51.2 Å². The standard InChI is InChI=1S/C19H26N6O.HI/c20-19(24-16-7-2-1-3-8-16)21-13-15-6-4-9-17(12-15)23-18(26)14-25-11-5-10-22-25;/h4-6,9-12,16H,1-3,7-8,13-14H2,(H,23,26)(H3,20,21,24);1H. The van der Waals surface area contributed by atoms with Gasteiger partial charge in [0.05, 0.1) is 6.54 Å². The van der Waals surface area contributed by atoms with Crippen LogP contribution in [0.4, 0.5) is 5.69 Å². The summed E-state index contributed by atoms with van der Waals surface area (Å²) in [6, 6.07) is 9.88. The zero-order chi connectivity index (χ0) is 18.2. The lowest BCUT2D eigenvalue weighted by Gasteiger charge is -2.23. The largest absolute Gasteiger partial charge is 0.370 e. The number of carbonyl (C=O) groups excluding carboxylic acids is 1. The van der Waals surface area contributed by atoms with Crippen molar-refractivity contribution in [3.63, 3.8) is 0 Å². The van der Waals surface area contributed by atoms with Gasteiger partial charge in [-0.05, 0) is 36.6 Å². The molecule has 0 aliphatic heterocycles. The summed E-state index contributed by atoms with van der Waals surface area (Å²) in [6.45, 7) is 0.669. The fourth-order valence-electron chi connectivity index (χ4n) is 3.17. The lowest BCUT2D eigenvalue weighted by atomic mass is 9.96. The number of amides is 1. The molecule has 0 bridgehead atoms. The molecule has 1 aliphatic rings. The Hall–Kier alpha value is -2.10. The van der Waals surface area contributed by atoms with Crippen LogP contribution in [-0.4, -0.2) is 27.7 Å². The van der Waals surface area contributed by atoms with Crippen LogP contribution in [0.1, 0.15) is 37.7 Å². The van der Waals surface area contributed by atoms with E-state index < -0.39 is 0 Å². The van der Waals surface area contributed by atoms with Crippen molar-refractivity contribution in [2.75, 3.05) is 5.32 Å². The molecule has 1 aliphatic carbocycles. The van der Waals surface area contributed by atoms with Gasteiger partial charge in [-0.3, -0.25) is 9.48 Å². The molecule has 2 aromatic rings. The van der Waals surface area contributed by atoms with Gasteiger partial charge in [0.15, 0.2) is 5.96 Å². The molecule has 1 heterocycles. The van der Waals surface area contributed by atoms with E-state index in [2.05, 4.69) is 20.7 Å². The number of rotatable bonds is 6. The SMILES string of the molecule is I.NC(=NCc1cccc(NC(=O)Cn2cccn2)c1)NC1CCCCC1. The summed E-state index contributed by atoms with van der Waals surface area (Å²) < 4.78 is 1.58. The van der Waals surface area contributed by atoms with E-state index in [4.69, 9.17) is 5.73 Å². The van der Waals surface area contributed by atoms with E-state index in [-0.39, 0.29) is 36.4 Å². The van der Waals surface area contributed by atoms with Gasteiger partial charge >= 0.3 is 0 Å². The Morgan fingerprint density at radius 1 is 1.26 bits per heavy atom. The molecular weight excluding hydrogens is 455 g/mol. The number of aromatic nitrogens is 2. The number of nitrogens with one attached hydrogen (secondary N) is 2. The molecule has 0 saturated heterocycles. The summed E-state index contributed by atoms with van der Waals surface area (Å²) in [7, 11) is 0. The molecular formula is C19H27IN6O. The normalized spacial score (nSPS) is 15.0. The number of anilines is 1. The highest BCUT2D eigenvalue weighted by Crippen LogP contribution is 2.17. The lowest BCUT2D eigenvalue weighted by molar-refractivity contribution is -0.116. The third kappa shape index (κ3) is 7.20. The summed E-state index contributed by atoms with van der Waals surface area (Å²) in [5.41, 5.74) is 7.75. The van der Waals surface area contributed by atoms with Crippen molar-refractivity contribution >= 4 is 41.5 Å². The highest BCUT2D eigenvalue weighted by molar-refractivity contribution is 14.0. The van der Waals surface area contributed by atoms with Crippen LogP contribution in [0.25, 0.3) is 0 Å². The average molecular weight is 482 g/mol. The van der Waals surface area contributed by atoms with Gasteiger partial charge in [0.1, 0.15) is 6.54 Å². The highest BCUT2D eigenvalue weighted by Gasteiger charge is 2.13. The molecule has 7 nitrogen and oxygen atoms in total. The maximum absolute atomic E-state index is 12.0. The molecule has 0 unspecified atom stereocenters. The minimum atomic E-state index is -0.118. The molecule has 27 heavy (non-hydrogen) atoms. The number of nitrogens with zero attached hydrogens (tertiary/aromatic N) is 3. The minimum Gasteiger partial charge on any atom is -0.370 e. The molecule has 1 saturated carbocycles. The van der Waals surface area contributed by atoms with Crippen molar-refractivity contribution in [1.82, 2.24) is 15.1 Å². The number of halogens is 1. The quantitative estimate of drug-likeness (QED) is 0.335.